The van der Waals surface area contributed by atoms with E-state index in [1.165, 1.54) is 33.2 Å². The Morgan fingerprint density at radius 3 is 2.60 bits per heavy atom. The normalized spacial score (nSPS) is 24.0. The van der Waals surface area contributed by atoms with Gasteiger partial charge in [-0.25, -0.2) is 23.1 Å². The first-order valence-electron chi connectivity index (χ1n) is 22.4. The summed E-state index contributed by atoms with van der Waals surface area (Å²) >= 11 is 0. The van der Waals surface area contributed by atoms with E-state index in [2.05, 4.69) is 42.5 Å². The van der Waals surface area contributed by atoms with E-state index in [4.69, 9.17) is 19.2 Å². The maximum absolute atomic E-state index is 14.3. The number of fused-ring (bicyclic) bond motifs is 4. The Balaban J connectivity index is 0.711. The molecule has 18 nitrogen and oxygen atoms in total. The molecule has 5 fully saturated rings. The highest BCUT2D eigenvalue weighted by molar-refractivity contribution is 6.08. The lowest BCUT2D eigenvalue weighted by Gasteiger charge is -2.36. The molecule has 4 saturated heterocycles. The number of benzene rings is 1. The van der Waals surface area contributed by atoms with Crippen LogP contribution in [-0.4, -0.2) is 121 Å². The molecule has 1 saturated carbocycles. The fraction of sp³-hybridized carbons (Fsp3) is 0.533. The summed E-state index contributed by atoms with van der Waals surface area (Å²) < 4.78 is 52.1. The summed E-state index contributed by atoms with van der Waals surface area (Å²) in [5.41, 5.74) is 1.27. The minimum Gasteiger partial charge on any atom is -0.495 e. The molecule has 4 aromatic heterocycles. The third-order valence-corrected chi connectivity index (χ3v) is 13.8. The number of anilines is 2. The summed E-state index contributed by atoms with van der Waals surface area (Å²) in [6.45, 7) is 4.29. The average molecular weight is 896 g/mol. The monoisotopic (exact) mass is 895 g/mol. The lowest BCUT2D eigenvalue weighted by Crippen LogP contribution is -2.44. The smallest absolute Gasteiger partial charge is 0.329 e. The Morgan fingerprint density at radius 1 is 1.06 bits per heavy atom. The van der Waals surface area contributed by atoms with Gasteiger partial charge in [-0.2, -0.15) is 10.2 Å². The van der Waals surface area contributed by atoms with Crippen LogP contribution in [0.2, 0.25) is 0 Å². The maximum Gasteiger partial charge on any atom is 0.329 e. The first kappa shape index (κ1) is 42.8. The molecule has 3 amide bonds. The second kappa shape index (κ2) is 17.7. The number of alkyl halides is 2. The number of morpholine rings is 1. The average Bonchev–Trinajstić information content (AvgIpc) is 4.16. The highest BCUT2D eigenvalue weighted by Gasteiger charge is 2.40. The number of rotatable bonds is 11. The highest BCUT2D eigenvalue weighted by Crippen LogP contribution is 2.37. The van der Waals surface area contributed by atoms with Gasteiger partial charge < -0.3 is 29.3 Å². The zero-order valence-corrected chi connectivity index (χ0v) is 36.3. The zero-order valence-electron chi connectivity index (χ0n) is 36.3. The standard InChI is InChI=1S/C45H51F2N11O7/c1-53-40-31(36(63-2)11-9-34(40)58(45(53)62)35-10-12-38(59)51-44(35)61)4-3-19-64-29-13-16-54(17-14-29)22-26-5-7-27(8-6-26)57-24-33(39(52-57)41(46)47)49-43(60)32-21-48-56-18-15-37(50-42(32)56)55-23-30-20-28(55)25-65-30/h9,11,15,18,21,24,26-30,35,41H,5-8,10,12-14,16-17,19-20,22-23,25H2,1-2H3,(H,49,60)(H,51,59,61)/t26?,27?,28-,30-,35?/m1/s1. The van der Waals surface area contributed by atoms with Crippen molar-refractivity contribution < 1.29 is 37.4 Å². The number of likely N-dealkylation sites (tertiary alicyclic amines) is 1. The number of carbonyl (C=O) groups is 3. The van der Waals surface area contributed by atoms with Gasteiger partial charge in [0.25, 0.3) is 12.3 Å². The number of hydrogen-bond donors (Lipinski definition) is 2. The fourth-order valence-corrected chi connectivity index (χ4v) is 10.4. The first-order chi connectivity index (χ1) is 31.5. The Morgan fingerprint density at radius 2 is 1.88 bits per heavy atom. The van der Waals surface area contributed by atoms with Crippen LogP contribution in [0.25, 0.3) is 16.7 Å². The molecule has 1 unspecified atom stereocenters. The van der Waals surface area contributed by atoms with Gasteiger partial charge in [0.05, 0.1) is 66.5 Å². The van der Waals surface area contributed by atoms with Gasteiger partial charge in [0.1, 0.15) is 29.8 Å². The number of nitrogens with one attached hydrogen (secondary N) is 2. The lowest BCUT2D eigenvalue weighted by atomic mass is 9.85. The number of imide groups is 1. The van der Waals surface area contributed by atoms with Crippen LogP contribution in [0.4, 0.5) is 20.3 Å². The number of nitrogens with zero attached hydrogens (tertiary/aromatic N) is 9. The van der Waals surface area contributed by atoms with Crippen LogP contribution in [0.15, 0.2) is 41.6 Å². The minimum atomic E-state index is -2.87. The van der Waals surface area contributed by atoms with Crippen LogP contribution >= 0.6 is 0 Å². The summed E-state index contributed by atoms with van der Waals surface area (Å²) in [6.07, 6.45) is 8.53. The van der Waals surface area contributed by atoms with Crippen LogP contribution < -0.4 is 26.0 Å². The van der Waals surface area contributed by atoms with E-state index in [1.807, 2.05) is 6.07 Å². The SMILES string of the molecule is COc1ccc2c(c1C#CCOC1CCN(CC3CCC(n4cc(NC(=O)c5cnn6ccc(N7C[C@H]8C[C@@H]7CO8)nc56)c(C(F)F)n4)CC3)CC1)n(C)c(=O)n2C1CCC(=O)NC1=O. The zero-order chi connectivity index (χ0) is 44.9. The highest BCUT2D eigenvalue weighted by atomic mass is 19.3. The molecular weight excluding hydrogens is 845 g/mol. The van der Waals surface area contributed by atoms with Crippen molar-refractivity contribution >= 4 is 45.9 Å². The number of halogens is 2. The van der Waals surface area contributed by atoms with E-state index < -0.39 is 30.0 Å². The van der Waals surface area contributed by atoms with Crippen molar-refractivity contribution in [3.63, 3.8) is 0 Å². The van der Waals surface area contributed by atoms with Crippen molar-refractivity contribution in [1.82, 2.24) is 43.7 Å². The largest absolute Gasteiger partial charge is 0.495 e. The van der Waals surface area contributed by atoms with E-state index in [9.17, 15) is 28.0 Å². The van der Waals surface area contributed by atoms with Crippen molar-refractivity contribution in [2.75, 3.05) is 56.7 Å². The quantitative estimate of drug-likeness (QED) is 0.144. The molecule has 2 N–H and O–H groups in total. The molecule has 342 valence electrons. The van der Waals surface area contributed by atoms with E-state index in [0.29, 0.717) is 40.5 Å². The van der Waals surface area contributed by atoms with Crippen molar-refractivity contribution in [2.24, 2.45) is 13.0 Å². The molecule has 1 aliphatic carbocycles. The van der Waals surface area contributed by atoms with Gasteiger partial charge in [-0.05, 0) is 75.5 Å². The van der Waals surface area contributed by atoms with Gasteiger partial charge in [0.2, 0.25) is 11.8 Å². The van der Waals surface area contributed by atoms with Crippen LogP contribution in [0, 0.1) is 17.8 Å². The van der Waals surface area contributed by atoms with Crippen LogP contribution in [0.1, 0.15) is 97.9 Å². The van der Waals surface area contributed by atoms with Crippen molar-refractivity contribution in [3.8, 4) is 17.6 Å². The van der Waals surface area contributed by atoms with E-state index in [-0.39, 0.29) is 66.6 Å². The molecule has 2 bridgehead atoms. The molecule has 8 heterocycles. The van der Waals surface area contributed by atoms with Gasteiger partial charge in [-0.3, -0.25) is 33.5 Å². The van der Waals surface area contributed by atoms with Crippen LogP contribution in [-0.2, 0) is 26.1 Å². The molecule has 0 spiro atoms. The molecular formula is C45H51F2N11O7. The number of amides is 3. The maximum atomic E-state index is 14.3. The van der Waals surface area contributed by atoms with Gasteiger partial charge in [-0.1, -0.05) is 11.8 Å². The van der Waals surface area contributed by atoms with Gasteiger partial charge in [0.15, 0.2) is 11.3 Å². The molecule has 3 atom stereocenters. The molecule has 5 aliphatic rings. The predicted octanol–water partition coefficient (Wildman–Crippen LogP) is 4.00. The summed E-state index contributed by atoms with van der Waals surface area (Å²) in [7, 11) is 3.16. The number of methoxy groups -OCH3 is 1. The second-order valence-electron chi connectivity index (χ2n) is 17.7. The summed E-state index contributed by atoms with van der Waals surface area (Å²) in [5, 5.41) is 13.6. The lowest BCUT2D eigenvalue weighted by molar-refractivity contribution is -0.135. The summed E-state index contributed by atoms with van der Waals surface area (Å²) in [4.78, 5) is 60.8. The van der Waals surface area contributed by atoms with Gasteiger partial charge in [0, 0.05) is 52.0 Å². The first-order valence-corrected chi connectivity index (χ1v) is 22.4. The number of aryl methyl sites for hydroxylation is 1. The number of ether oxygens (including phenoxy) is 3. The third kappa shape index (κ3) is 8.25. The fourth-order valence-electron chi connectivity index (χ4n) is 10.4. The Bertz CT molecular complexity index is 2770. The third-order valence-electron chi connectivity index (χ3n) is 13.8. The predicted molar refractivity (Wildman–Crippen MR) is 232 cm³/mol. The summed E-state index contributed by atoms with van der Waals surface area (Å²) in [6, 6.07) is 4.69. The number of piperidine rings is 2. The molecule has 10 rings (SSSR count). The molecule has 0 radical (unpaired) electrons. The second-order valence-corrected chi connectivity index (χ2v) is 17.7. The molecule has 5 aromatic rings. The molecule has 4 aliphatic heterocycles. The molecule has 20 heteroatoms. The number of imidazole rings is 1. The minimum absolute atomic E-state index is 0.0153. The Kier molecular flexibility index (Phi) is 11.6. The van der Waals surface area contributed by atoms with Crippen LogP contribution in [0.3, 0.4) is 0 Å². The van der Waals surface area contributed by atoms with Crippen molar-refractivity contribution in [2.45, 2.75) is 94.5 Å². The molecule has 1 aromatic carbocycles. The van der Waals surface area contributed by atoms with Crippen LogP contribution in [0.5, 0.6) is 5.75 Å². The Hall–Kier alpha value is -6.17. The Labute approximate surface area is 372 Å². The topological polar surface area (TPSA) is 184 Å². The number of carbonyl (C=O) groups excluding carboxylic acids is 3. The number of aromatic nitrogens is 7. The van der Waals surface area contributed by atoms with Crippen molar-refractivity contribution in [3.05, 3.63) is 64.1 Å². The van der Waals surface area contributed by atoms with E-state index in [1.54, 1.807) is 30.1 Å². The van der Waals surface area contributed by atoms with Gasteiger partial charge in [-0.15, -0.1) is 0 Å². The van der Waals surface area contributed by atoms with Gasteiger partial charge >= 0.3 is 5.69 Å². The molecule has 65 heavy (non-hydrogen) atoms. The van der Waals surface area contributed by atoms with E-state index >= 15 is 0 Å². The van der Waals surface area contributed by atoms with Crippen molar-refractivity contribution in [1.29, 1.82) is 0 Å². The summed E-state index contributed by atoms with van der Waals surface area (Å²) in [5.74, 6) is 6.53. The number of hydrogen-bond acceptors (Lipinski definition) is 12. The van der Waals surface area contributed by atoms with E-state index in [0.717, 1.165) is 76.9 Å².